The van der Waals surface area contributed by atoms with Gasteiger partial charge in [-0.15, -0.1) is 0 Å². The highest BCUT2D eigenvalue weighted by Crippen LogP contribution is 2.32. The molecule has 1 N–H and O–H groups in total. The molecule has 20 heavy (non-hydrogen) atoms. The lowest BCUT2D eigenvalue weighted by Gasteiger charge is -2.21. The summed E-state index contributed by atoms with van der Waals surface area (Å²) in [6.07, 6.45) is -4.41. The second-order valence-electron chi connectivity index (χ2n) is 4.50. The van der Waals surface area contributed by atoms with Crippen LogP contribution in [0.4, 0.5) is 13.2 Å². The van der Waals surface area contributed by atoms with Gasteiger partial charge in [0.1, 0.15) is 5.75 Å². The van der Waals surface area contributed by atoms with E-state index >= 15 is 0 Å². The van der Waals surface area contributed by atoms with Gasteiger partial charge in [0.15, 0.2) is 0 Å². The fourth-order valence-electron chi connectivity index (χ4n) is 2.09. The zero-order chi connectivity index (χ0) is 15.2. The zero-order valence-corrected chi connectivity index (χ0v) is 12.3. The van der Waals surface area contributed by atoms with E-state index in [0.717, 1.165) is 5.56 Å². The second-order valence-corrected chi connectivity index (χ2v) is 4.94. The molecule has 1 rings (SSSR count). The van der Waals surface area contributed by atoms with Crippen LogP contribution in [0.3, 0.4) is 0 Å². The molecular formula is C14H19ClF3NO. The van der Waals surface area contributed by atoms with Gasteiger partial charge in [0.2, 0.25) is 0 Å². The van der Waals surface area contributed by atoms with Crippen molar-refractivity contribution >= 4 is 11.6 Å². The van der Waals surface area contributed by atoms with Gasteiger partial charge >= 0.3 is 6.18 Å². The molecule has 0 bridgehead atoms. The third-order valence-corrected chi connectivity index (χ3v) is 3.21. The van der Waals surface area contributed by atoms with Crippen LogP contribution in [-0.2, 0) is 0 Å². The third-order valence-electron chi connectivity index (χ3n) is 2.97. The van der Waals surface area contributed by atoms with Crippen LogP contribution < -0.4 is 10.1 Å². The summed E-state index contributed by atoms with van der Waals surface area (Å²) in [6.45, 7) is 2.58. The SMILES string of the molecule is CCNC(CCCC(F)(F)F)c1ccc(Cl)cc1OC. The van der Waals surface area contributed by atoms with E-state index < -0.39 is 12.6 Å². The first kappa shape index (κ1) is 17.1. The second kappa shape index (κ2) is 7.74. The molecule has 1 aromatic carbocycles. The maximum atomic E-state index is 12.2. The highest BCUT2D eigenvalue weighted by molar-refractivity contribution is 6.30. The summed E-state index contributed by atoms with van der Waals surface area (Å²) in [5, 5.41) is 3.73. The number of ether oxygens (including phenoxy) is 1. The maximum absolute atomic E-state index is 12.2. The predicted molar refractivity (Wildman–Crippen MR) is 74.3 cm³/mol. The standard InChI is InChI=1S/C14H19ClF3NO/c1-3-19-12(5-4-8-14(16,17)18)11-7-6-10(15)9-13(11)20-2/h6-7,9,12,19H,3-5,8H2,1-2H3. The van der Waals surface area contributed by atoms with Gasteiger partial charge in [0.05, 0.1) is 7.11 Å². The Hall–Kier alpha value is -0.940. The Morgan fingerprint density at radius 3 is 2.60 bits per heavy atom. The van der Waals surface area contributed by atoms with E-state index in [-0.39, 0.29) is 12.5 Å². The maximum Gasteiger partial charge on any atom is 0.389 e. The summed E-state index contributed by atoms with van der Waals surface area (Å²) in [4.78, 5) is 0. The fourth-order valence-corrected chi connectivity index (χ4v) is 2.26. The summed E-state index contributed by atoms with van der Waals surface area (Å²) in [7, 11) is 1.52. The predicted octanol–water partition coefficient (Wildman–Crippen LogP) is 4.73. The molecule has 114 valence electrons. The molecule has 2 nitrogen and oxygen atoms in total. The molecule has 0 saturated carbocycles. The lowest BCUT2D eigenvalue weighted by atomic mass is 9.99. The summed E-state index contributed by atoms with van der Waals surface area (Å²) in [6, 6.07) is 5.01. The first-order valence-corrected chi connectivity index (χ1v) is 6.88. The molecule has 0 aliphatic rings. The lowest BCUT2D eigenvalue weighted by molar-refractivity contribution is -0.135. The number of methoxy groups -OCH3 is 1. The van der Waals surface area contributed by atoms with E-state index in [1.54, 1.807) is 18.2 Å². The smallest absolute Gasteiger partial charge is 0.389 e. The van der Waals surface area contributed by atoms with Crippen molar-refractivity contribution in [3.63, 3.8) is 0 Å². The normalized spacial score (nSPS) is 13.3. The van der Waals surface area contributed by atoms with Crippen LogP contribution in [0.5, 0.6) is 5.75 Å². The van der Waals surface area contributed by atoms with Crippen LogP contribution in [-0.4, -0.2) is 19.8 Å². The number of benzene rings is 1. The molecule has 1 aromatic rings. The minimum Gasteiger partial charge on any atom is -0.496 e. The van der Waals surface area contributed by atoms with Crippen molar-refractivity contribution < 1.29 is 17.9 Å². The van der Waals surface area contributed by atoms with E-state index in [2.05, 4.69) is 5.32 Å². The van der Waals surface area contributed by atoms with Crippen molar-refractivity contribution in [3.05, 3.63) is 28.8 Å². The molecule has 6 heteroatoms. The monoisotopic (exact) mass is 309 g/mol. The number of hydrogen-bond donors (Lipinski definition) is 1. The van der Waals surface area contributed by atoms with Gasteiger partial charge in [0, 0.05) is 23.0 Å². The van der Waals surface area contributed by atoms with E-state index in [9.17, 15) is 13.2 Å². The van der Waals surface area contributed by atoms with Gasteiger partial charge in [-0.25, -0.2) is 0 Å². The van der Waals surface area contributed by atoms with Gasteiger partial charge in [-0.05, 0) is 31.5 Å². The molecule has 0 aliphatic carbocycles. The molecule has 0 heterocycles. The summed E-state index contributed by atoms with van der Waals surface area (Å²) in [5.74, 6) is 0.593. The molecule has 0 saturated heterocycles. The van der Waals surface area contributed by atoms with Crippen molar-refractivity contribution in [2.75, 3.05) is 13.7 Å². The van der Waals surface area contributed by atoms with Crippen molar-refractivity contribution in [1.29, 1.82) is 0 Å². The van der Waals surface area contributed by atoms with Gasteiger partial charge in [0.25, 0.3) is 0 Å². The molecule has 1 unspecified atom stereocenters. The van der Waals surface area contributed by atoms with Crippen LogP contribution >= 0.6 is 11.6 Å². The highest BCUT2D eigenvalue weighted by atomic mass is 35.5. The molecular weight excluding hydrogens is 291 g/mol. The van der Waals surface area contributed by atoms with Crippen LogP contribution in [0.2, 0.25) is 5.02 Å². The van der Waals surface area contributed by atoms with Crippen molar-refractivity contribution in [2.45, 2.75) is 38.4 Å². The van der Waals surface area contributed by atoms with E-state index in [1.807, 2.05) is 6.92 Å². The largest absolute Gasteiger partial charge is 0.496 e. The van der Waals surface area contributed by atoms with Crippen LogP contribution in [0.25, 0.3) is 0 Å². The van der Waals surface area contributed by atoms with Crippen molar-refractivity contribution in [2.24, 2.45) is 0 Å². The summed E-state index contributed by atoms with van der Waals surface area (Å²) < 4.78 is 41.9. The number of alkyl halides is 3. The molecule has 0 spiro atoms. The van der Waals surface area contributed by atoms with Gasteiger partial charge in [-0.1, -0.05) is 24.6 Å². The molecule has 0 aliphatic heterocycles. The molecule has 0 radical (unpaired) electrons. The zero-order valence-electron chi connectivity index (χ0n) is 11.6. The summed E-state index contributed by atoms with van der Waals surface area (Å²) >= 11 is 5.89. The number of halogens is 4. The first-order chi connectivity index (χ1) is 9.37. The van der Waals surface area contributed by atoms with Crippen LogP contribution in [0.1, 0.15) is 37.8 Å². The van der Waals surface area contributed by atoms with Gasteiger partial charge in [-0.3, -0.25) is 0 Å². The minimum atomic E-state index is -4.11. The first-order valence-electron chi connectivity index (χ1n) is 6.51. The Kier molecular flexibility index (Phi) is 6.62. The van der Waals surface area contributed by atoms with Crippen LogP contribution in [0, 0.1) is 0 Å². The quantitative estimate of drug-likeness (QED) is 0.786. The lowest BCUT2D eigenvalue weighted by Crippen LogP contribution is -2.22. The molecule has 1 atom stereocenters. The van der Waals surface area contributed by atoms with Crippen molar-refractivity contribution in [3.8, 4) is 5.75 Å². The number of rotatable bonds is 7. The number of hydrogen-bond acceptors (Lipinski definition) is 2. The topological polar surface area (TPSA) is 21.3 Å². The molecule has 0 fully saturated rings. The van der Waals surface area contributed by atoms with Crippen molar-refractivity contribution in [1.82, 2.24) is 5.32 Å². The van der Waals surface area contributed by atoms with Crippen LogP contribution in [0.15, 0.2) is 18.2 Å². The van der Waals surface area contributed by atoms with E-state index in [1.165, 1.54) is 7.11 Å². The van der Waals surface area contributed by atoms with Gasteiger partial charge < -0.3 is 10.1 Å². The number of nitrogens with one attached hydrogen (secondary N) is 1. The van der Waals surface area contributed by atoms with E-state index in [0.29, 0.717) is 23.7 Å². The molecule has 0 amide bonds. The highest BCUT2D eigenvalue weighted by Gasteiger charge is 2.27. The third kappa shape index (κ3) is 5.59. The summed E-state index contributed by atoms with van der Waals surface area (Å²) in [5.41, 5.74) is 0.834. The molecule has 0 aromatic heterocycles. The Morgan fingerprint density at radius 2 is 2.05 bits per heavy atom. The minimum absolute atomic E-state index is 0.0763. The van der Waals surface area contributed by atoms with E-state index in [4.69, 9.17) is 16.3 Å². The Balaban J connectivity index is 2.79. The Morgan fingerprint density at radius 1 is 1.35 bits per heavy atom. The fraction of sp³-hybridized carbons (Fsp3) is 0.571. The van der Waals surface area contributed by atoms with Gasteiger partial charge in [-0.2, -0.15) is 13.2 Å². The average Bonchev–Trinajstić information content (AvgIpc) is 2.36. The Bertz CT molecular complexity index is 423. The average molecular weight is 310 g/mol. The Labute approximate surface area is 122 Å².